The summed E-state index contributed by atoms with van der Waals surface area (Å²) in [5, 5.41) is 12.3. The van der Waals surface area contributed by atoms with E-state index < -0.39 is 17.8 Å². The van der Waals surface area contributed by atoms with Crippen LogP contribution in [0.4, 0.5) is 24.7 Å². The maximum Gasteiger partial charge on any atom is 0.416 e. The molecule has 0 bridgehead atoms. The number of pyridine rings is 1. The van der Waals surface area contributed by atoms with Crippen LogP contribution in [0.3, 0.4) is 0 Å². The van der Waals surface area contributed by atoms with Crippen molar-refractivity contribution >= 4 is 22.4 Å². The number of fused-ring (bicyclic) bond motifs is 1. The number of halogens is 3. The van der Waals surface area contributed by atoms with Crippen molar-refractivity contribution in [2.24, 2.45) is 5.92 Å². The van der Waals surface area contributed by atoms with Gasteiger partial charge < -0.3 is 19.7 Å². The molecule has 1 saturated heterocycles. The molecule has 35 heavy (non-hydrogen) atoms. The number of anilines is 2. The molecule has 0 spiro atoms. The van der Waals surface area contributed by atoms with Crippen LogP contribution in [0.25, 0.3) is 10.9 Å². The Hall–Kier alpha value is -2.98. The van der Waals surface area contributed by atoms with E-state index in [0.29, 0.717) is 22.8 Å². The second kappa shape index (κ2) is 10.3. The molecule has 188 valence electrons. The quantitative estimate of drug-likeness (QED) is 0.448. The number of nitrogens with zero attached hydrogens (tertiary/aromatic N) is 4. The van der Waals surface area contributed by atoms with E-state index >= 15 is 0 Å². The average Bonchev–Trinajstić information content (AvgIpc) is 2.84. The first-order valence-electron chi connectivity index (χ1n) is 11.6. The van der Waals surface area contributed by atoms with Gasteiger partial charge in [0.2, 0.25) is 0 Å². The second-order valence-electron chi connectivity index (χ2n) is 8.87. The Balaban J connectivity index is 1.57. The van der Waals surface area contributed by atoms with Gasteiger partial charge in [-0.3, -0.25) is 4.98 Å². The van der Waals surface area contributed by atoms with E-state index in [1.807, 2.05) is 19.2 Å². The summed E-state index contributed by atoms with van der Waals surface area (Å²) in [5.41, 5.74) is 1.73. The van der Waals surface area contributed by atoms with Crippen LogP contribution in [-0.2, 0) is 15.7 Å². The first-order chi connectivity index (χ1) is 16.7. The van der Waals surface area contributed by atoms with E-state index in [1.165, 1.54) is 13.0 Å². The summed E-state index contributed by atoms with van der Waals surface area (Å²) in [5.74, 6) is 0.809. The number of aromatic nitrogens is 3. The minimum absolute atomic E-state index is 0.195. The molecule has 1 fully saturated rings. The molecule has 3 aromatic rings. The number of rotatable bonds is 7. The highest BCUT2D eigenvalue weighted by Crippen LogP contribution is 2.36. The highest BCUT2D eigenvalue weighted by Gasteiger charge is 2.33. The molecule has 7 nitrogen and oxygen atoms in total. The molecule has 0 radical (unpaired) electrons. The van der Waals surface area contributed by atoms with E-state index in [-0.39, 0.29) is 11.9 Å². The Morgan fingerprint density at radius 1 is 1.11 bits per heavy atom. The Kier molecular flexibility index (Phi) is 7.42. The number of alkyl halides is 3. The van der Waals surface area contributed by atoms with Gasteiger partial charge in [0.1, 0.15) is 0 Å². The molecule has 1 atom stereocenters. The van der Waals surface area contributed by atoms with E-state index in [9.17, 15) is 13.2 Å². The maximum atomic E-state index is 13.4. The van der Waals surface area contributed by atoms with E-state index in [0.717, 1.165) is 43.1 Å². The van der Waals surface area contributed by atoms with Crippen LogP contribution in [0.1, 0.15) is 42.5 Å². The van der Waals surface area contributed by atoms with Gasteiger partial charge in [-0.1, -0.05) is 12.1 Å². The highest BCUT2D eigenvalue weighted by molar-refractivity contribution is 5.90. The van der Waals surface area contributed by atoms with Crippen molar-refractivity contribution in [3.8, 4) is 0 Å². The summed E-state index contributed by atoms with van der Waals surface area (Å²) in [6.07, 6.45) is 0.639. The van der Waals surface area contributed by atoms with Gasteiger partial charge in [0, 0.05) is 38.6 Å². The minimum atomic E-state index is -4.40. The number of hydrogen-bond donors (Lipinski definition) is 1. The lowest BCUT2D eigenvalue weighted by Crippen LogP contribution is -2.39. The third kappa shape index (κ3) is 5.33. The number of nitrogens with one attached hydrogen (secondary N) is 1. The lowest BCUT2D eigenvalue weighted by Gasteiger charge is -2.36. The standard InChI is InChI=1S/C25H30F3N5O2/c1-15-19(6-5-7-21(15)25(26,27)28)16(2)31-23-20-12-18(13-29-22(20)14-30-32-23)33-10-8-17(9-11-33)24(34-3)35-4/h5-7,12-14,16-17,24H,8-11H2,1-4H3,(H,31,32)/t16-/m1/s1. The van der Waals surface area contributed by atoms with Gasteiger partial charge in [-0.05, 0) is 49.9 Å². The van der Waals surface area contributed by atoms with Crippen LogP contribution < -0.4 is 10.2 Å². The van der Waals surface area contributed by atoms with Crippen molar-refractivity contribution in [2.45, 2.75) is 45.2 Å². The fourth-order valence-corrected chi connectivity index (χ4v) is 4.86. The molecular formula is C25H30F3N5O2. The predicted octanol–water partition coefficient (Wildman–Crippen LogP) is 5.36. The SMILES string of the molecule is COC(OC)C1CCN(c2cnc3cnnc(N[C@H](C)c4cccc(C(F)(F)F)c4C)c3c2)CC1. The topological polar surface area (TPSA) is 72.4 Å². The van der Waals surface area contributed by atoms with Crippen LogP contribution in [0.5, 0.6) is 0 Å². The van der Waals surface area contributed by atoms with E-state index in [2.05, 4.69) is 25.4 Å². The molecule has 3 heterocycles. The Morgan fingerprint density at radius 3 is 2.49 bits per heavy atom. The normalized spacial score (nSPS) is 16.2. The zero-order valence-electron chi connectivity index (χ0n) is 20.3. The van der Waals surface area contributed by atoms with Gasteiger partial charge >= 0.3 is 6.18 Å². The van der Waals surface area contributed by atoms with Gasteiger partial charge in [0.25, 0.3) is 0 Å². The predicted molar refractivity (Wildman–Crippen MR) is 128 cm³/mol. The number of ether oxygens (including phenoxy) is 2. The van der Waals surface area contributed by atoms with Gasteiger partial charge in [0.05, 0.1) is 35.2 Å². The number of methoxy groups -OCH3 is 2. The van der Waals surface area contributed by atoms with Gasteiger partial charge in [0.15, 0.2) is 12.1 Å². The molecule has 1 aromatic carbocycles. The summed E-state index contributed by atoms with van der Waals surface area (Å²) in [6.45, 7) is 4.98. The fourth-order valence-electron chi connectivity index (χ4n) is 4.86. The molecular weight excluding hydrogens is 459 g/mol. The third-order valence-electron chi connectivity index (χ3n) is 6.75. The van der Waals surface area contributed by atoms with Crippen molar-refractivity contribution in [3.05, 3.63) is 53.3 Å². The number of hydrogen-bond acceptors (Lipinski definition) is 7. The van der Waals surface area contributed by atoms with Gasteiger partial charge in [-0.25, -0.2) is 0 Å². The van der Waals surface area contributed by atoms with Crippen LogP contribution in [0.15, 0.2) is 36.7 Å². The number of piperidine rings is 1. The average molecular weight is 490 g/mol. The van der Waals surface area contributed by atoms with Crippen molar-refractivity contribution in [2.75, 3.05) is 37.5 Å². The summed E-state index contributed by atoms with van der Waals surface area (Å²) in [6, 6.07) is 5.82. The minimum Gasteiger partial charge on any atom is -0.370 e. The molecule has 0 amide bonds. The highest BCUT2D eigenvalue weighted by atomic mass is 19.4. The molecule has 0 unspecified atom stereocenters. The monoisotopic (exact) mass is 489 g/mol. The van der Waals surface area contributed by atoms with Crippen LogP contribution in [0.2, 0.25) is 0 Å². The van der Waals surface area contributed by atoms with E-state index in [4.69, 9.17) is 9.47 Å². The van der Waals surface area contributed by atoms with Gasteiger partial charge in [-0.2, -0.15) is 18.3 Å². The van der Waals surface area contributed by atoms with Crippen LogP contribution >= 0.6 is 0 Å². The molecule has 1 aliphatic heterocycles. The van der Waals surface area contributed by atoms with Crippen LogP contribution in [0, 0.1) is 12.8 Å². The molecule has 2 aromatic heterocycles. The van der Waals surface area contributed by atoms with Gasteiger partial charge in [-0.15, -0.1) is 5.10 Å². The van der Waals surface area contributed by atoms with E-state index in [1.54, 1.807) is 26.5 Å². The number of benzene rings is 1. The lowest BCUT2D eigenvalue weighted by atomic mass is 9.95. The third-order valence-corrected chi connectivity index (χ3v) is 6.75. The van der Waals surface area contributed by atoms with Crippen molar-refractivity contribution in [3.63, 3.8) is 0 Å². The van der Waals surface area contributed by atoms with Crippen molar-refractivity contribution in [1.29, 1.82) is 0 Å². The Bertz CT molecular complexity index is 1160. The first-order valence-corrected chi connectivity index (χ1v) is 11.6. The molecule has 0 aliphatic carbocycles. The largest absolute Gasteiger partial charge is 0.416 e. The molecule has 10 heteroatoms. The van der Waals surface area contributed by atoms with Crippen LogP contribution in [-0.4, -0.2) is 48.8 Å². The summed E-state index contributed by atoms with van der Waals surface area (Å²) in [4.78, 5) is 6.83. The lowest BCUT2D eigenvalue weighted by molar-refractivity contribution is -0.141. The summed E-state index contributed by atoms with van der Waals surface area (Å²) < 4.78 is 51.0. The summed E-state index contributed by atoms with van der Waals surface area (Å²) in [7, 11) is 3.32. The molecule has 1 aliphatic rings. The Morgan fingerprint density at radius 2 is 1.83 bits per heavy atom. The maximum absolute atomic E-state index is 13.4. The second-order valence-corrected chi connectivity index (χ2v) is 8.87. The summed E-state index contributed by atoms with van der Waals surface area (Å²) >= 11 is 0. The first kappa shape index (κ1) is 25.1. The van der Waals surface area contributed by atoms with Crippen molar-refractivity contribution in [1.82, 2.24) is 15.2 Å². The molecule has 4 rings (SSSR count). The Labute approximate surface area is 202 Å². The zero-order valence-corrected chi connectivity index (χ0v) is 20.3. The zero-order chi connectivity index (χ0) is 25.2. The fraction of sp³-hybridized carbons (Fsp3) is 0.480. The molecule has 0 saturated carbocycles. The van der Waals surface area contributed by atoms with Crippen molar-refractivity contribution < 1.29 is 22.6 Å². The smallest absolute Gasteiger partial charge is 0.370 e. The molecule has 1 N–H and O–H groups in total.